The Hall–Kier alpha value is -1.10. The molecule has 128 valence electrons. The van der Waals surface area contributed by atoms with E-state index in [0.29, 0.717) is 13.0 Å². The molecule has 1 aromatic carbocycles. The molecule has 1 aliphatic carbocycles. The Morgan fingerprint density at radius 3 is 2.48 bits per heavy atom. The van der Waals surface area contributed by atoms with Gasteiger partial charge in [-0.15, -0.1) is 0 Å². The van der Waals surface area contributed by atoms with Gasteiger partial charge in [-0.25, -0.2) is 0 Å². The van der Waals surface area contributed by atoms with Crippen molar-refractivity contribution in [3.05, 3.63) is 34.9 Å². The van der Waals surface area contributed by atoms with Crippen molar-refractivity contribution in [1.82, 2.24) is 5.32 Å². The lowest BCUT2D eigenvalue weighted by Gasteiger charge is -2.28. The van der Waals surface area contributed by atoms with Crippen molar-refractivity contribution in [1.29, 1.82) is 0 Å². The van der Waals surface area contributed by atoms with Gasteiger partial charge in [0.05, 0.1) is 0 Å². The molecule has 1 aliphatic rings. The zero-order chi connectivity index (χ0) is 16.7. The van der Waals surface area contributed by atoms with Crippen molar-refractivity contribution in [2.24, 2.45) is 5.41 Å². The van der Waals surface area contributed by atoms with Crippen LogP contribution in [0.25, 0.3) is 0 Å². The van der Waals surface area contributed by atoms with E-state index in [1.807, 2.05) is 24.3 Å². The van der Waals surface area contributed by atoms with Gasteiger partial charge in [0.2, 0.25) is 5.91 Å². The van der Waals surface area contributed by atoms with Crippen LogP contribution in [0.4, 0.5) is 0 Å². The summed E-state index contributed by atoms with van der Waals surface area (Å²) in [5.74, 6) is 0.0757. The molecule has 0 bridgehead atoms. The molecule has 0 heterocycles. The number of amides is 1. The first-order valence-corrected chi connectivity index (χ1v) is 8.78. The molecule has 0 radical (unpaired) electrons. The van der Waals surface area contributed by atoms with E-state index in [4.69, 9.17) is 21.8 Å². The minimum absolute atomic E-state index is 0.0757. The first-order valence-electron chi connectivity index (χ1n) is 8.41. The predicted octanol–water partition coefficient (Wildman–Crippen LogP) is 3.04. The second-order valence-electron chi connectivity index (χ2n) is 6.49. The Labute approximate surface area is 142 Å². The lowest BCUT2D eigenvalue weighted by atomic mass is 9.80. The summed E-state index contributed by atoms with van der Waals surface area (Å²) in [7, 11) is 0. The molecule has 23 heavy (non-hydrogen) atoms. The van der Waals surface area contributed by atoms with Crippen LogP contribution in [0.1, 0.15) is 50.5 Å². The van der Waals surface area contributed by atoms with Gasteiger partial charge >= 0.3 is 0 Å². The number of halogens is 1. The van der Waals surface area contributed by atoms with Gasteiger partial charge < -0.3 is 15.5 Å². The number of aliphatic hydroxyl groups excluding tert-OH is 1. The Morgan fingerprint density at radius 2 is 1.87 bits per heavy atom. The second-order valence-corrected chi connectivity index (χ2v) is 6.93. The van der Waals surface area contributed by atoms with Crippen LogP contribution in [0.15, 0.2) is 24.3 Å². The summed E-state index contributed by atoms with van der Waals surface area (Å²) < 4.78 is 0. The smallest absolute Gasteiger partial charge is 0.226 e. The summed E-state index contributed by atoms with van der Waals surface area (Å²) in [6, 6.07) is 7.77. The molecule has 1 amide bonds. The molecule has 1 fully saturated rings. The highest BCUT2D eigenvalue weighted by molar-refractivity contribution is 6.30. The molecule has 0 unspecified atom stereocenters. The van der Waals surface area contributed by atoms with E-state index in [-0.39, 0.29) is 12.3 Å². The van der Waals surface area contributed by atoms with Crippen molar-refractivity contribution >= 4 is 17.5 Å². The third-order valence-electron chi connectivity index (χ3n) is 4.76. The van der Waals surface area contributed by atoms with E-state index in [9.17, 15) is 4.79 Å². The van der Waals surface area contributed by atoms with E-state index in [1.54, 1.807) is 0 Å². The number of carbonyl (C=O) groups excluding carboxylic acids is 1. The van der Waals surface area contributed by atoms with Gasteiger partial charge in [-0.3, -0.25) is 4.79 Å². The molecule has 0 aliphatic heterocycles. The fourth-order valence-corrected chi connectivity index (χ4v) is 3.51. The third kappa shape index (κ3) is 5.48. The molecule has 1 saturated carbocycles. The fraction of sp³-hybridized carbons (Fsp3) is 0.611. The summed E-state index contributed by atoms with van der Waals surface area (Å²) >= 11 is 5.86. The van der Waals surface area contributed by atoms with Crippen molar-refractivity contribution in [3.63, 3.8) is 0 Å². The predicted molar refractivity (Wildman–Crippen MR) is 91.1 cm³/mol. The molecule has 4 nitrogen and oxygen atoms in total. The first kappa shape index (κ1) is 18.2. The Morgan fingerprint density at radius 1 is 1.22 bits per heavy atom. The van der Waals surface area contributed by atoms with Crippen LogP contribution < -0.4 is 5.32 Å². The fourth-order valence-electron chi connectivity index (χ4n) is 3.38. The number of carbonyl (C=O) groups is 1. The van der Waals surface area contributed by atoms with Crippen LogP contribution >= 0.6 is 11.6 Å². The van der Waals surface area contributed by atoms with Gasteiger partial charge in [0.25, 0.3) is 0 Å². The van der Waals surface area contributed by atoms with E-state index < -0.39 is 11.7 Å². The minimum atomic E-state index is -1.33. The number of hydrogen-bond donors (Lipinski definition) is 3. The monoisotopic (exact) mass is 339 g/mol. The maximum Gasteiger partial charge on any atom is 0.226 e. The van der Waals surface area contributed by atoms with Crippen LogP contribution in [0.3, 0.4) is 0 Å². The highest BCUT2D eigenvalue weighted by Gasteiger charge is 2.40. The number of hydrogen-bond acceptors (Lipinski definition) is 3. The van der Waals surface area contributed by atoms with Crippen molar-refractivity contribution in [2.45, 2.75) is 57.7 Å². The van der Waals surface area contributed by atoms with E-state index in [0.717, 1.165) is 43.5 Å². The van der Waals surface area contributed by atoms with Crippen molar-refractivity contribution in [2.75, 3.05) is 6.54 Å². The molecule has 2 rings (SSSR count). The van der Waals surface area contributed by atoms with Gasteiger partial charge in [0.15, 0.2) is 6.29 Å². The molecule has 0 saturated heterocycles. The molecule has 5 heteroatoms. The molecule has 0 aromatic heterocycles. The largest absolute Gasteiger partial charge is 0.368 e. The normalized spacial score (nSPS) is 16.7. The highest BCUT2D eigenvalue weighted by Crippen LogP contribution is 2.42. The average Bonchev–Trinajstić information content (AvgIpc) is 3.01. The number of aryl methyl sites for hydroxylation is 1. The molecule has 0 spiro atoms. The molecule has 3 N–H and O–H groups in total. The zero-order valence-corrected chi connectivity index (χ0v) is 14.2. The van der Waals surface area contributed by atoms with Gasteiger partial charge in [-0.1, -0.05) is 36.6 Å². The zero-order valence-electron chi connectivity index (χ0n) is 13.4. The summed E-state index contributed by atoms with van der Waals surface area (Å²) in [5, 5.41) is 21.9. The topological polar surface area (TPSA) is 69.6 Å². The van der Waals surface area contributed by atoms with E-state index in [1.165, 1.54) is 5.56 Å². The van der Waals surface area contributed by atoms with Crippen LogP contribution in [0.2, 0.25) is 5.02 Å². The van der Waals surface area contributed by atoms with Crippen LogP contribution in [0, 0.1) is 5.41 Å². The summed E-state index contributed by atoms with van der Waals surface area (Å²) in [5.41, 5.74) is 0.812. The number of aliphatic hydroxyl groups is 2. The maximum absolute atomic E-state index is 12.5. The lowest BCUT2D eigenvalue weighted by molar-refractivity contribution is -0.132. The first-order chi connectivity index (χ1) is 11.0. The van der Waals surface area contributed by atoms with Gasteiger partial charge in [0, 0.05) is 17.0 Å². The van der Waals surface area contributed by atoms with Crippen molar-refractivity contribution < 1.29 is 15.0 Å². The average molecular weight is 340 g/mol. The quantitative estimate of drug-likeness (QED) is 0.503. The Bertz CT molecular complexity index is 495. The molecular weight excluding hydrogens is 314 g/mol. The van der Waals surface area contributed by atoms with Crippen molar-refractivity contribution in [3.8, 4) is 0 Å². The minimum Gasteiger partial charge on any atom is -0.368 e. The van der Waals surface area contributed by atoms with Crippen LogP contribution in [0.5, 0.6) is 0 Å². The maximum atomic E-state index is 12.5. The van der Waals surface area contributed by atoms with E-state index >= 15 is 0 Å². The summed E-state index contributed by atoms with van der Waals surface area (Å²) in [6.07, 6.45) is 5.05. The van der Waals surface area contributed by atoms with Crippen LogP contribution in [-0.2, 0) is 11.2 Å². The SMILES string of the molecule is O=C(NCCCc1ccc(Cl)cc1)C1(CCC(O)O)CCCC1. The van der Waals surface area contributed by atoms with Gasteiger partial charge in [-0.2, -0.15) is 0 Å². The standard InChI is InChI=1S/C18H26ClNO3/c19-15-7-5-14(6-8-15)4-3-13-20-17(23)18(10-1-2-11-18)12-9-16(21)22/h5-8,16,21-22H,1-4,9-13H2,(H,20,23). The summed E-state index contributed by atoms with van der Waals surface area (Å²) in [6.45, 7) is 0.644. The molecule has 0 atom stereocenters. The molecular formula is C18H26ClNO3. The Kier molecular flexibility index (Phi) is 6.88. The van der Waals surface area contributed by atoms with Crippen LogP contribution in [-0.4, -0.2) is 29.0 Å². The number of benzene rings is 1. The van der Waals surface area contributed by atoms with E-state index in [2.05, 4.69) is 5.32 Å². The summed E-state index contributed by atoms with van der Waals surface area (Å²) in [4.78, 5) is 12.5. The highest BCUT2D eigenvalue weighted by atomic mass is 35.5. The van der Waals surface area contributed by atoms with Gasteiger partial charge in [-0.05, 0) is 56.2 Å². The second kappa shape index (κ2) is 8.67. The number of rotatable bonds is 8. The third-order valence-corrected chi connectivity index (χ3v) is 5.02. The lowest BCUT2D eigenvalue weighted by Crippen LogP contribution is -2.40. The Balaban J connectivity index is 1.76. The van der Waals surface area contributed by atoms with Gasteiger partial charge in [0.1, 0.15) is 0 Å². The molecule has 1 aromatic rings. The number of nitrogens with one attached hydrogen (secondary N) is 1.